The number of anilines is 1. The zero-order valence-corrected chi connectivity index (χ0v) is 9.13. The molecule has 17 heavy (non-hydrogen) atoms. The molecule has 0 aliphatic carbocycles. The van der Waals surface area contributed by atoms with Crippen molar-refractivity contribution in [2.75, 3.05) is 5.43 Å². The van der Waals surface area contributed by atoms with Gasteiger partial charge in [0.05, 0.1) is 6.61 Å². The van der Waals surface area contributed by atoms with Crippen molar-refractivity contribution in [3.8, 4) is 11.5 Å². The molecule has 0 spiro atoms. The number of nitrogens with two attached hydrogens (primary N) is 1. The molecule has 0 radical (unpaired) electrons. The Bertz CT molecular complexity index is 457. The van der Waals surface area contributed by atoms with E-state index in [1.54, 1.807) is 24.4 Å². The summed E-state index contributed by atoms with van der Waals surface area (Å²) in [7, 11) is 0. The number of rotatable bonds is 4. The number of hydrogen-bond acceptors (Lipinski definition) is 5. The minimum absolute atomic E-state index is 0.0108. The zero-order chi connectivity index (χ0) is 12.1. The Kier molecular flexibility index (Phi) is 3.54. The Morgan fingerprint density at radius 3 is 2.82 bits per heavy atom. The summed E-state index contributed by atoms with van der Waals surface area (Å²) in [5.41, 5.74) is 3.24. The number of nitrogens with zero attached hydrogens (tertiary/aromatic N) is 1. The number of nitrogen functional groups attached to an aromatic ring is 1. The Morgan fingerprint density at radius 2 is 2.06 bits per heavy atom. The van der Waals surface area contributed by atoms with Gasteiger partial charge in [0.15, 0.2) is 0 Å². The highest BCUT2D eigenvalue weighted by Crippen LogP contribution is 2.23. The van der Waals surface area contributed by atoms with Crippen LogP contribution in [0, 0.1) is 0 Å². The molecule has 5 nitrogen and oxygen atoms in total. The molecule has 0 saturated carbocycles. The molecule has 2 rings (SSSR count). The van der Waals surface area contributed by atoms with Crippen LogP contribution >= 0.6 is 0 Å². The largest absolute Gasteiger partial charge is 0.457 e. The van der Waals surface area contributed by atoms with Gasteiger partial charge in [-0.1, -0.05) is 12.1 Å². The molecule has 0 fully saturated rings. The maximum atomic E-state index is 9.02. The summed E-state index contributed by atoms with van der Waals surface area (Å²) < 4.78 is 5.62. The standard InChI is InChI=1S/C12H13N3O2/c13-15-12-7-11(4-5-14-12)17-10-3-1-2-9(6-10)8-16/h1-7,16H,8,13H2,(H,14,15). The van der Waals surface area contributed by atoms with E-state index in [0.717, 1.165) is 5.56 Å². The molecule has 88 valence electrons. The van der Waals surface area contributed by atoms with Crippen LogP contribution in [0.4, 0.5) is 5.82 Å². The lowest BCUT2D eigenvalue weighted by Crippen LogP contribution is -2.08. The average Bonchev–Trinajstić information content (AvgIpc) is 2.39. The van der Waals surface area contributed by atoms with Crippen LogP contribution in [0.3, 0.4) is 0 Å². The summed E-state index contributed by atoms with van der Waals surface area (Å²) in [6.07, 6.45) is 1.60. The second-order valence-electron chi connectivity index (χ2n) is 3.43. The fraction of sp³-hybridized carbons (Fsp3) is 0.0833. The predicted molar refractivity (Wildman–Crippen MR) is 64.5 cm³/mol. The number of ether oxygens (including phenoxy) is 1. The van der Waals surface area contributed by atoms with Crippen LogP contribution in [-0.2, 0) is 6.61 Å². The quantitative estimate of drug-likeness (QED) is 0.550. The van der Waals surface area contributed by atoms with Gasteiger partial charge in [-0.3, -0.25) is 0 Å². The van der Waals surface area contributed by atoms with E-state index in [2.05, 4.69) is 10.4 Å². The van der Waals surface area contributed by atoms with Gasteiger partial charge in [0.1, 0.15) is 17.3 Å². The molecule has 0 aliphatic heterocycles. The summed E-state index contributed by atoms with van der Waals surface area (Å²) in [5.74, 6) is 7.07. The predicted octanol–water partition coefficient (Wildman–Crippen LogP) is 1.65. The van der Waals surface area contributed by atoms with Gasteiger partial charge in [0, 0.05) is 12.3 Å². The number of pyridine rings is 1. The lowest BCUT2D eigenvalue weighted by Gasteiger charge is -2.07. The van der Waals surface area contributed by atoms with Crippen molar-refractivity contribution in [1.82, 2.24) is 4.98 Å². The van der Waals surface area contributed by atoms with E-state index in [-0.39, 0.29) is 6.61 Å². The van der Waals surface area contributed by atoms with Crippen LogP contribution in [0.25, 0.3) is 0 Å². The van der Waals surface area contributed by atoms with Crippen LogP contribution in [0.5, 0.6) is 11.5 Å². The first-order chi connectivity index (χ1) is 8.31. The lowest BCUT2D eigenvalue weighted by molar-refractivity contribution is 0.281. The van der Waals surface area contributed by atoms with E-state index in [9.17, 15) is 0 Å². The Labute approximate surface area is 98.8 Å². The molecule has 1 aromatic heterocycles. The minimum Gasteiger partial charge on any atom is -0.457 e. The Balaban J connectivity index is 2.18. The monoisotopic (exact) mass is 231 g/mol. The van der Waals surface area contributed by atoms with Crippen LogP contribution in [0.2, 0.25) is 0 Å². The van der Waals surface area contributed by atoms with Crippen molar-refractivity contribution in [2.45, 2.75) is 6.61 Å². The van der Waals surface area contributed by atoms with Crippen LogP contribution in [-0.4, -0.2) is 10.1 Å². The normalized spacial score (nSPS) is 10.0. The highest BCUT2D eigenvalue weighted by Gasteiger charge is 2.00. The van der Waals surface area contributed by atoms with Gasteiger partial charge >= 0.3 is 0 Å². The number of hydrazine groups is 1. The van der Waals surface area contributed by atoms with E-state index < -0.39 is 0 Å². The molecule has 4 N–H and O–H groups in total. The van der Waals surface area contributed by atoms with Crippen molar-refractivity contribution in [3.05, 3.63) is 48.2 Å². The molecular weight excluding hydrogens is 218 g/mol. The second kappa shape index (κ2) is 5.29. The molecule has 0 atom stereocenters. The van der Waals surface area contributed by atoms with Gasteiger partial charge in [0.2, 0.25) is 0 Å². The first-order valence-corrected chi connectivity index (χ1v) is 5.12. The number of aromatic nitrogens is 1. The third-order valence-corrected chi connectivity index (χ3v) is 2.20. The molecular formula is C12H13N3O2. The molecule has 0 bridgehead atoms. The number of benzene rings is 1. The van der Waals surface area contributed by atoms with Crippen LogP contribution in [0.15, 0.2) is 42.6 Å². The van der Waals surface area contributed by atoms with E-state index in [1.807, 2.05) is 18.2 Å². The SMILES string of the molecule is NNc1cc(Oc2cccc(CO)c2)ccn1. The van der Waals surface area contributed by atoms with Crippen molar-refractivity contribution in [3.63, 3.8) is 0 Å². The average molecular weight is 231 g/mol. The van der Waals surface area contributed by atoms with E-state index in [4.69, 9.17) is 15.7 Å². The van der Waals surface area contributed by atoms with Crippen molar-refractivity contribution < 1.29 is 9.84 Å². The van der Waals surface area contributed by atoms with E-state index in [1.165, 1.54) is 0 Å². The van der Waals surface area contributed by atoms with Crippen molar-refractivity contribution in [2.24, 2.45) is 5.84 Å². The summed E-state index contributed by atoms with van der Waals surface area (Å²) in [5, 5.41) is 9.02. The summed E-state index contributed by atoms with van der Waals surface area (Å²) in [4.78, 5) is 3.98. The molecule has 1 heterocycles. The van der Waals surface area contributed by atoms with Crippen LogP contribution < -0.4 is 16.0 Å². The first kappa shape index (κ1) is 11.4. The molecule has 0 saturated heterocycles. The molecule has 0 aliphatic rings. The third-order valence-electron chi connectivity index (χ3n) is 2.20. The fourth-order valence-corrected chi connectivity index (χ4v) is 1.40. The van der Waals surface area contributed by atoms with Crippen LogP contribution in [0.1, 0.15) is 5.56 Å². The van der Waals surface area contributed by atoms with E-state index >= 15 is 0 Å². The van der Waals surface area contributed by atoms with Gasteiger partial charge in [-0.25, -0.2) is 10.8 Å². The van der Waals surface area contributed by atoms with Gasteiger partial charge in [-0.15, -0.1) is 0 Å². The van der Waals surface area contributed by atoms with Crippen molar-refractivity contribution in [1.29, 1.82) is 0 Å². The summed E-state index contributed by atoms with van der Waals surface area (Å²) in [6, 6.07) is 10.7. The number of aliphatic hydroxyl groups is 1. The van der Waals surface area contributed by atoms with Gasteiger partial charge in [-0.05, 0) is 23.8 Å². The maximum Gasteiger partial charge on any atom is 0.143 e. The number of aliphatic hydroxyl groups excluding tert-OH is 1. The summed E-state index contributed by atoms with van der Waals surface area (Å²) in [6.45, 7) is -0.0108. The zero-order valence-electron chi connectivity index (χ0n) is 9.13. The molecule has 0 amide bonds. The first-order valence-electron chi connectivity index (χ1n) is 5.12. The molecule has 2 aromatic rings. The van der Waals surface area contributed by atoms with Gasteiger partial charge in [0.25, 0.3) is 0 Å². The molecule has 1 aromatic carbocycles. The fourth-order valence-electron chi connectivity index (χ4n) is 1.40. The highest BCUT2D eigenvalue weighted by molar-refractivity contribution is 5.41. The van der Waals surface area contributed by atoms with Gasteiger partial charge < -0.3 is 15.3 Å². The Hall–Kier alpha value is -2.11. The maximum absolute atomic E-state index is 9.02. The molecule has 0 unspecified atom stereocenters. The minimum atomic E-state index is -0.0108. The topological polar surface area (TPSA) is 80.4 Å². The van der Waals surface area contributed by atoms with E-state index in [0.29, 0.717) is 17.3 Å². The smallest absolute Gasteiger partial charge is 0.143 e. The highest BCUT2D eigenvalue weighted by atomic mass is 16.5. The number of nitrogens with one attached hydrogen (secondary N) is 1. The Morgan fingerprint density at radius 1 is 1.24 bits per heavy atom. The van der Waals surface area contributed by atoms with Crippen molar-refractivity contribution >= 4 is 5.82 Å². The lowest BCUT2D eigenvalue weighted by atomic mass is 10.2. The second-order valence-corrected chi connectivity index (χ2v) is 3.43. The summed E-state index contributed by atoms with van der Waals surface area (Å²) >= 11 is 0. The third kappa shape index (κ3) is 2.93. The molecule has 5 heteroatoms. The van der Waals surface area contributed by atoms with Gasteiger partial charge in [-0.2, -0.15) is 0 Å². The number of hydrogen-bond donors (Lipinski definition) is 3.